The number of rotatable bonds is 16. The zero-order valence-electron chi connectivity index (χ0n) is 56.4. The van der Waals surface area contributed by atoms with Gasteiger partial charge in [-0.3, -0.25) is 52.7 Å². The lowest BCUT2D eigenvalue weighted by Crippen LogP contribution is -2.63. The summed E-state index contributed by atoms with van der Waals surface area (Å²) in [5.41, 5.74) is 0.214. The summed E-state index contributed by atoms with van der Waals surface area (Å²) >= 11 is 0. The quantitative estimate of drug-likeness (QED) is 0.139. The van der Waals surface area contributed by atoms with E-state index in [0.29, 0.717) is 12.8 Å². The van der Waals surface area contributed by atoms with Gasteiger partial charge in [-0.05, 0) is 114 Å². The smallest absolute Gasteiger partial charge is 0.249 e. The molecule has 490 valence electrons. The van der Waals surface area contributed by atoms with E-state index in [4.69, 9.17) is 0 Å². The summed E-state index contributed by atoms with van der Waals surface area (Å²) in [6, 6.07) is -12.6. The maximum Gasteiger partial charge on any atom is 0.249 e. The number of likely N-dealkylation sites (N-methyl/N-ethyl adjacent to an activating group) is 7. The van der Waals surface area contributed by atoms with E-state index in [1.807, 2.05) is 55.4 Å². The minimum atomic E-state index is -1.62. The maximum atomic E-state index is 15.2. The van der Waals surface area contributed by atoms with Crippen LogP contribution in [0, 0.1) is 35.5 Å². The Balaban J connectivity index is 4.34. The van der Waals surface area contributed by atoms with Crippen molar-refractivity contribution in [3.05, 3.63) is 24.3 Å². The molecule has 0 aliphatic carbocycles. The van der Waals surface area contributed by atoms with Crippen LogP contribution < -0.4 is 21.3 Å². The van der Waals surface area contributed by atoms with Gasteiger partial charge in [0, 0.05) is 49.3 Å². The molecular weight excluding hydrogens is 1100 g/mol. The number of nitrogens with one attached hydrogen (secondary N) is 4. The average molecular weight is 1210 g/mol. The highest BCUT2D eigenvalue weighted by atomic mass is 16.3. The van der Waals surface area contributed by atoms with Crippen molar-refractivity contribution in [1.29, 1.82) is 0 Å². The van der Waals surface area contributed by atoms with Gasteiger partial charge in [0.15, 0.2) is 0 Å². The van der Waals surface area contributed by atoms with Crippen LogP contribution >= 0.6 is 0 Å². The number of carbonyl (C=O) groups excluding carboxylic acids is 11. The van der Waals surface area contributed by atoms with E-state index in [2.05, 4.69) is 27.8 Å². The predicted molar refractivity (Wildman–Crippen MR) is 333 cm³/mol. The molecule has 1 aliphatic heterocycles. The highest BCUT2D eigenvalue weighted by Crippen LogP contribution is 2.26. The van der Waals surface area contributed by atoms with Crippen molar-refractivity contribution in [2.45, 2.75) is 222 Å². The largest absolute Gasteiger partial charge is 0.390 e. The zero-order valence-corrected chi connectivity index (χ0v) is 56.4. The molecule has 0 aromatic carbocycles. The Kier molecular flexibility index (Phi) is 32.0. The molecule has 1 fully saturated rings. The van der Waals surface area contributed by atoms with Crippen LogP contribution in [0.25, 0.3) is 0 Å². The first-order valence-electron chi connectivity index (χ1n) is 30.7. The van der Waals surface area contributed by atoms with Crippen molar-refractivity contribution in [3.63, 3.8) is 0 Å². The summed E-state index contributed by atoms with van der Waals surface area (Å²) in [4.78, 5) is 169. The van der Waals surface area contributed by atoms with Gasteiger partial charge in [0.2, 0.25) is 65.0 Å². The van der Waals surface area contributed by atoms with Gasteiger partial charge in [-0.25, -0.2) is 0 Å². The first kappa shape index (κ1) is 77.6. The fourth-order valence-corrected chi connectivity index (χ4v) is 10.6. The van der Waals surface area contributed by atoms with E-state index in [9.17, 15) is 43.5 Å². The standard InChI is InChI=1S/C63H111N11O12/c1-25-27-28-41(15)53(76)52-57(80)66-44(26-2)59(82)68(18)34-49(75)69(19)46(31-36(5)6)56(79)67-50(39(11)12)62(85)71(21)47(32-37(7)8)55(78)64-42(16)54(77)65-43(17)58(81)70(20)45(30-29-35(3)4)60(83)72(22)48(33-38(9)10)61(84)73(23)51(40(13)14)63(86)74(52)24/h25,27,35-38,40-48,50-53,76H,11,26,28-34H2,1-10,12-24H3,(H,64,78)(H,65,77)(H,66,80)(H,67,79)/b27-25+/t41-,42+,43-,44+,45+,46+,47+,48+,50+,51+,52+,53-/m1/s1. The Hall–Kier alpha value is -6.39. The Morgan fingerprint density at radius 3 is 1.47 bits per heavy atom. The van der Waals surface area contributed by atoms with Gasteiger partial charge in [0.25, 0.3) is 0 Å². The van der Waals surface area contributed by atoms with E-state index >= 15 is 14.4 Å². The van der Waals surface area contributed by atoms with Crippen LogP contribution in [0.2, 0.25) is 0 Å². The molecule has 0 saturated carbocycles. The number of amides is 11. The van der Waals surface area contributed by atoms with Gasteiger partial charge >= 0.3 is 0 Å². The van der Waals surface area contributed by atoms with Gasteiger partial charge in [0.05, 0.1) is 12.6 Å². The average Bonchev–Trinajstić information content (AvgIpc) is 3.42. The van der Waals surface area contributed by atoms with Crippen molar-refractivity contribution >= 4 is 65.0 Å². The van der Waals surface area contributed by atoms with Gasteiger partial charge in [-0.2, -0.15) is 0 Å². The summed E-state index contributed by atoms with van der Waals surface area (Å²) in [7, 11) is 9.85. The molecule has 0 unspecified atom stereocenters. The van der Waals surface area contributed by atoms with Crippen LogP contribution in [0.1, 0.15) is 156 Å². The van der Waals surface area contributed by atoms with E-state index in [0.717, 1.165) is 9.80 Å². The minimum Gasteiger partial charge on any atom is -0.390 e. The molecule has 1 rings (SSSR count). The van der Waals surface area contributed by atoms with Gasteiger partial charge in [0.1, 0.15) is 60.4 Å². The highest BCUT2D eigenvalue weighted by molar-refractivity contribution is 6.00. The normalized spacial score (nSPS) is 26.6. The van der Waals surface area contributed by atoms with E-state index < -0.39 is 150 Å². The SMILES string of the molecule is C=C(C)[C@@H]1NC(=O)[C@H](CC(C)C)N(C)C(=O)CN(C)C(=O)[C@H](CC)NC(=O)[C@H]([C@H](O)[C@H](C)C/C=C/C)N(C)C(=O)[C@H](C(C)C)N(C)C(=O)[C@H](CC(C)C)N(C)C(=O)[C@H](CCC(C)C)N(C)C(=O)[C@@H](C)NC(=O)[C@H](C)NC(=O)[C@H](CC(C)C)N(C)C1=O. The predicted octanol–water partition coefficient (Wildman–Crippen LogP) is 3.58. The second-order valence-electron chi connectivity index (χ2n) is 26.0. The van der Waals surface area contributed by atoms with Crippen LogP contribution in [0.5, 0.6) is 0 Å². The zero-order chi connectivity index (χ0) is 66.7. The molecule has 1 heterocycles. The first-order valence-corrected chi connectivity index (χ1v) is 30.7. The molecule has 0 bridgehead atoms. The Morgan fingerprint density at radius 2 is 0.988 bits per heavy atom. The second-order valence-corrected chi connectivity index (χ2v) is 26.0. The summed E-state index contributed by atoms with van der Waals surface area (Å²) in [5, 5.41) is 23.0. The summed E-state index contributed by atoms with van der Waals surface area (Å²) in [6.07, 6.45) is 3.47. The molecule has 12 atom stereocenters. The fourth-order valence-electron chi connectivity index (χ4n) is 10.6. The van der Waals surface area contributed by atoms with Crippen molar-refractivity contribution in [2.75, 3.05) is 55.9 Å². The molecule has 0 spiro atoms. The van der Waals surface area contributed by atoms with Gasteiger partial charge in [-0.15, -0.1) is 0 Å². The Morgan fingerprint density at radius 1 is 0.535 bits per heavy atom. The molecule has 23 heteroatoms. The van der Waals surface area contributed by atoms with Crippen molar-refractivity contribution in [3.8, 4) is 0 Å². The third kappa shape index (κ3) is 21.8. The topological polar surface area (TPSA) is 279 Å². The Labute approximate surface area is 514 Å². The monoisotopic (exact) mass is 1210 g/mol. The Bertz CT molecular complexity index is 2390. The molecule has 86 heavy (non-hydrogen) atoms. The fraction of sp³-hybridized carbons (Fsp3) is 0.762. The molecule has 0 aromatic heterocycles. The van der Waals surface area contributed by atoms with Crippen LogP contribution in [0.15, 0.2) is 24.3 Å². The highest BCUT2D eigenvalue weighted by Gasteiger charge is 2.45. The van der Waals surface area contributed by atoms with E-state index in [1.54, 1.807) is 46.8 Å². The number of aliphatic hydroxyl groups excluding tert-OH is 1. The molecule has 23 nitrogen and oxygen atoms in total. The molecule has 1 saturated heterocycles. The lowest BCUT2D eigenvalue weighted by molar-refractivity contribution is -0.157. The van der Waals surface area contributed by atoms with Gasteiger partial charge in [-0.1, -0.05) is 102 Å². The number of nitrogens with zero attached hydrogens (tertiary/aromatic N) is 7. The second kappa shape index (κ2) is 35.4. The summed E-state index contributed by atoms with van der Waals surface area (Å²) < 4.78 is 0. The number of carbonyl (C=O) groups is 11. The molecule has 11 amide bonds. The molecule has 0 aromatic rings. The minimum absolute atomic E-state index is 0.0149. The van der Waals surface area contributed by atoms with Crippen molar-refractivity contribution in [2.24, 2.45) is 35.5 Å². The van der Waals surface area contributed by atoms with E-state index in [1.165, 1.54) is 94.6 Å². The lowest BCUT2D eigenvalue weighted by Gasteiger charge is -2.41. The van der Waals surface area contributed by atoms with Crippen LogP contribution in [-0.4, -0.2) is 227 Å². The van der Waals surface area contributed by atoms with Crippen molar-refractivity contribution in [1.82, 2.24) is 55.6 Å². The molecule has 5 N–H and O–H groups in total. The molecule has 0 radical (unpaired) electrons. The number of aliphatic hydroxyl groups is 1. The molecular formula is C63H111N11O12. The van der Waals surface area contributed by atoms with Gasteiger partial charge < -0.3 is 60.7 Å². The third-order valence-corrected chi connectivity index (χ3v) is 16.2. The summed E-state index contributed by atoms with van der Waals surface area (Å²) in [6.45, 7) is 31.5. The van der Waals surface area contributed by atoms with Crippen molar-refractivity contribution < 1.29 is 57.8 Å². The lowest BCUT2D eigenvalue weighted by atomic mass is 9.91. The van der Waals surface area contributed by atoms with Crippen LogP contribution in [0.3, 0.4) is 0 Å². The number of allylic oxidation sites excluding steroid dienone is 2. The third-order valence-electron chi connectivity index (χ3n) is 16.2. The summed E-state index contributed by atoms with van der Waals surface area (Å²) in [5.74, 6) is -9.25. The maximum absolute atomic E-state index is 15.2. The number of hydrogen-bond donors (Lipinski definition) is 5. The number of hydrogen-bond acceptors (Lipinski definition) is 12. The van der Waals surface area contributed by atoms with Crippen LogP contribution in [-0.2, 0) is 52.7 Å². The van der Waals surface area contributed by atoms with E-state index in [-0.39, 0.29) is 61.3 Å². The molecule has 1 aliphatic rings. The first-order chi connectivity index (χ1) is 39.7. The van der Waals surface area contributed by atoms with Crippen LogP contribution in [0.4, 0.5) is 0 Å².